The fourth-order valence-electron chi connectivity index (χ4n) is 1.69. The Morgan fingerprint density at radius 2 is 2.00 bits per heavy atom. The molecule has 2 aromatic rings. The van der Waals surface area contributed by atoms with E-state index in [4.69, 9.17) is 4.74 Å². The third-order valence-corrected chi connectivity index (χ3v) is 2.76. The molecule has 5 nitrogen and oxygen atoms in total. The fraction of sp³-hybridized carbons (Fsp3) is 0.385. The summed E-state index contributed by atoms with van der Waals surface area (Å²) in [4.78, 5) is 0. The molecule has 0 bridgehead atoms. The van der Waals surface area contributed by atoms with Crippen LogP contribution in [0.4, 0.5) is 0 Å². The molecule has 1 N–H and O–H groups in total. The molecule has 0 saturated heterocycles. The van der Waals surface area contributed by atoms with Crippen molar-refractivity contribution in [1.82, 2.24) is 15.0 Å². The molecular formula is C13H17N3O2. The number of ether oxygens (including phenoxy) is 1. The molecule has 1 aromatic heterocycles. The second kappa shape index (κ2) is 5.64. The molecule has 0 spiro atoms. The summed E-state index contributed by atoms with van der Waals surface area (Å²) in [5.74, 6) is 0.799. The highest BCUT2D eigenvalue weighted by Gasteiger charge is 2.11. The number of benzene rings is 1. The van der Waals surface area contributed by atoms with Crippen molar-refractivity contribution in [2.45, 2.75) is 33.6 Å². The van der Waals surface area contributed by atoms with Crippen molar-refractivity contribution in [3.8, 4) is 5.75 Å². The Bertz CT molecular complexity index is 484. The first-order valence-corrected chi connectivity index (χ1v) is 5.96. The van der Waals surface area contributed by atoms with Gasteiger partial charge in [-0.05, 0) is 26.0 Å². The van der Waals surface area contributed by atoms with Gasteiger partial charge in [0.05, 0.1) is 6.61 Å². The van der Waals surface area contributed by atoms with Gasteiger partial charge in [0.1, 0.15) is 23.7 Å². The maximum Gasteiger partial charge on any atom is 0.132 e. The Labute approximate surface area is 106 Å². The van der Waals surface area contributed by atoms with Gasteiger partial charge in [-0.15, -0.1) is 5.10 Å². The van der Waals surface area contributed by atoms with E-state index in [9.17, 15) is 5.11 Å². The number of aliphatic hydroxyl groups excluding tert-OH is 1. The lowest BCUT2D eigenvalue weighted by Crippen LogP contribution is -2.08. The lowest BCUT2D eigenvalue weighted by molar-refractivity contribution is 0.261. The topological polar surface area (TPSA) is 60.2 Å². The van der Waals surface area contributed by atoms with Gasteiger partial charge in [-0.1, -0.05) is 22.9 Å². The Morgan fingerprint density at radius 3 is 2.61 bits per heavy atom. The van der Waals surface area contributed by atoms with Crippen LogP contribution in [0, 0.1) is 6.92 Å². The maximum atomic E-state index is 9.19. The molecule has 0 saturated carbocycles. The molecule has 2 rings (SSSR count). The van der Waals surface area contributed by atoms with Gasteiger partial charge < -0.3 is 9.84 Å². The number of rotatable bonds is 5. The Morgan fingerprint density at radius 1 is 1.28 bits per heavy atom. The zero-order chi connectivity index (χ0) is 13.0. The van der Waals surface area contributed by atoms with E-state index in [1.165, 1.54) is 5.56 Å². The fourth-order valence-corrected chi connectivity index (χ4v) is 1.69. The van der Waals surface area contributed by atoms with E-state index in [1.807, 2.05) is 38.1 Å². The molecule has 0 radical (unpaired) electrons. The second-order valence-corrected chi connectivity index (χ2v) is 4.06. The number of aryl methyl sites for hydroxylation is 2. The molecule has 0 aliphatic rings. The van der Waals surface area contributed by atoms with Gasteiger partial charge in [0.15, 0.2) is 0 Å². The van der Waals surface area contributed by atoms with Crippen molar-refractivity contribution in [3.63, 3.8) is 0 Å². The van der Waals surface area contributed by atoms with Gasteiger partial charge in [0.2, 0.25) is 0 Å². The van der Waals surface area contributed by atoms with Gasteiger partial charge in [0.25, 0.3) is 0 Å². The van der Waals surface area contributed by atoms with E-state index >= 15 is 0 Å². The van der Waals surface area contributed by atoms with Crippen molar-refractivity contribution in [2.24, 2.45) is 0 Å². The highest BCUT2D eigenvalue weighted by atomic mass is 16.5. The first-order valence-electron chi connectivity index (χ1n) is 5.96. The van der Waals surface area contributed by atoms with Gasteiger partial charge in [0, 0.05) is 6.54 Å². The minimum Gasteiger partial charge on any atom is -0.487 e. The molecule has 1 heterocycles. The van der Waals surface area contributed by atoms with Crippen LogP contribution in [0.3, 0.4) is 0 Å². The van der Waals surface area contributed by atoms with Crippen LogP contribution in [0.2, 0.25) is 0 Å². The summed E-state index contributed by atoms with van der Waals surface area (Å²) in [6.07, 6.45) is 0. The van der Waals surface area contributed by atoms with Crippen LogP contribution >= 0.6 is 0 Å². The largest absolute Gasteiger partial charge is 0.487 e. The second-order valence-electron chi connectivity index (χ2n) is 4.06. The quantitative estimate of drug-likeness (QED) is 0.873. The summed E-state index contributed by atoms with van der Waals surface area (Å²) < 4.78 is 7.41. The van der Waals surface area contributed by atoms with Crippen LogP contribution in [-0.4, -0.2) is 20.1 Å². The Balaban J connectivity index is 2.09. The molecular weight excluding hydrogens is 230 g/mol. The summed E-state index contributed by atoms with van der Waals surface area (Å²) in [6.45, 7) is 4.96. The van der Waals surface area contributed by atoms with Crippen molar-refractivity contribution < 1.29 is 9.84 Å². The van der Waals surface area contributed by atoms with Crippen LogP contribution in [-0.2, 0) is 19.8 Å². The smallest absolute Gasteiger partial charge is 0.132 e. The number of hydrogen-bond donors (Lipinski definition) is 1. The molecule has 5 heteroatoms. The average Bonchev–Trinajstić information content (AvgIpc) is 2.80. The minimum atomic E-state index is -0.118. The van der Waals surface area contributed by atoms with E-state index in [0.717, 1.165) is 11.4 Å². The zero-order valence-electron chi connectivity index (χ0n) is 10.6. The monoisotopic (exact) mass is 247 g/mol. The summed E-state index contributed by atoms with van der Waals surface area (Å²) in [6, 6.07) is 7.84. The summed E-state index contributed by atoms with van der Waals surface area (Å²) in [7, 11) is 0. The first kappa shape index (κ1) is 12.6. The zero-order valence-corrected chi connectivity index (χ0v) is 10.6. The Kier molecular flexibility index (Phi) is 3.94. The number of nitrogens with zero attached hydrogens (tertiary/aromatic N) is 3. The lowest BCUT2D eigenvalue weighted by Gasteiger charge is -2.08. The molecule has 0 aliphatic heterocycles. The standard InChI is InChI=1S/C13H17N3O2/c1-3-16-13(12(8-17)14-15-16)9-18-11-6-4-10(2)5-7-11/h4-7,17H,3,8-9H2,1-2H3. The summed E-state index contributed by atoms with van der Waals surface area (Å²) in [5, 5.41) is 17.1. The molecule has 0 aliphatic carbocycles. The predicted molar refractivity (Wildman–Crippen MR) is 67.1 cm³/mol. The van der Waals surface area contributed by atoms with Crippen LogP contribution in [0.1, 0.15) is 23.9 Å². The molecule has 0 amide bonds. The van der Waals surface area contributed by atoms with E-state index in [1.54, 1.807) is 4.68 Å². The van der Waals surface area contributed by atoms with Crippen LogP contribution in [0.25, 0.3) is 0 Å². The van der Waals surface area contributed by atoms with E-state index in [2.05, 4.69) is 10.3 Å². The van der Waals surface area contributed by atoms with Crippen LogP contribution in [0.5, 0.6) is 5.75 Å². The first-order chi connectivity index (χ1) is 8.74. The van der Waals surface area contributed by atoms with Gasteiger partial charge in [-0.2, -0.15) is 0 Å². The van der Waals surface area contributed by atoms with Crippen molar-refractivity contribution in [3.05, 3.63) is 41.2 Å². The highest BCUT2D eigenvalue weighted by molar-refractivity contribution is 5.26. The predicted octanol–water partition coefficient (Wildman–Crippen LogP) is 1.68. The van der Waals surface area contributed by atoms with Gasteiger partial charge in [-0.3, -0.25) is 0 Å². The third kappa shape index (κ3) is 2.68. The van der Waals surface area contributed by atoms with Crippen LogP contribution < -0.4 is 4.74 Å². The normalized spacial score (nSPS) is 10.6. The van der Waals surface area contributed by atoms with Crippen molar-refractivity contribution in [2.75, 3.05) is 0 Å². The lowest BCUT2D eigenvalue weighted by atomic mass is 10.2. The van der Waals surface area contributed by atoms with E-state index < -0.39 is 0 Å². The van der Waals surface area contributed by atoms with Gasteiger partial charge in [-0.25, -0.2) is 4.68 Å². The third-order valence-electron chi connectivity index (χ3n) is 2.76. The number of aromatic nitrogens is 3. The number of aliphatic hydroxyl groups is 1. The van der Waals surface area contributed by atoms with Crippen molar-refractivity contribution in [1.29, 1.82) is 0 Å². The highest BCUT2D eigenvalue weighted by Crippen LogP contribution is 2.15. The average molecular weight is 247 g/mol. The molecule has 0 fully saturated rings. The maximum absolute atomic E-state index is 9.19. The molecule has 1 aromatic carbocycles. The molecule has 96 valence electrons. The molecule has 0 atom stereocenters. The minimum absolute atomic E-state index is 0.118. The Hall–Kier alpha value is -1.88. The number of hydrogen-bond acceptors (Lipinski definition) is 4. The summed E-state index contributed by atoms with van der Waals surface area (Å²) >= 11 is 0. The van der Waals surface area contributed by atoms with Crippen LogP contribution in [0.15, 0.2) is 24.3 Å². The van der Waals surface area contributed by atoms with Gasteiger partial charge >= 0.3 is 0 Å². The molecule has 18 heavy (non-hydrogen) atoms. The summed E-state index contributed by atoms with van der Waals surface area (Å²) in [5.41, 5.74) is 2.59. The SMILES string of the molecule is CCn1nnc(CO)c1COc1ccc(C)cc1. The van der Waals surface area contributed by atoms with Crippen molar-refractivity contribution >= 4 is 0 Å². The molecule has 0 unspecified atom stereocenters. The van der Waals surface area contributed by atoms with E-state index in [0.29, 0.717) is 18.8 Å². The van der Waals surface area contributed by atoms with E-state index in [-0.39, 0.29) is 6.61 Å².